The van der Waals surface area contributed by atoms with Crippen LogP contribution in [0.25, 0.3) is 5.57 Å². The average Bonchev–Trinajstić information content (AvgIpc) is 2.52. The Balaban J connectivity index is 2.15. The van der Waals surface area contributed by atoms with Crippen molar-refractivity contribution in [3.05, 3.63) is 29.0 Å². The molecule has 7 heteroatoms. The Morgan fingerprint density at radius 2 is 2.12 bits per heavy atom. The molecule has 25 heavy (non-hydrogen) atoms. The van der Waals surface area contributed by atoms with Gasteiger partial charge in [0.25, 0.3) is 0 Å². The van der Waals surface area contributed by atoms with Gasteiger partial charge < -0.3 is 10.7 Å². The Labute approximate surface area is 146 Å². The van der Waals surface area contributed by atoms with Crippen LogP contribution in [0.15, 0.2) is 12.1 Å². The van der Waals surface area contributed by atoms with E-state index < -0.39 is 12.6 Å². The van der Waals surface area contributed by atoms with Crippen LogP contribution in [-0.2, 0) is 0 Å². The highest BCUT2D eigenvalue weighted by Crippen LogP contribution is 2.27. The summed E-state index contributed by atoms with van der Waals surface area (Å²) < 4.78 is 37.0. The van der Waals surface area contributed by atoms with Gasteiger partial charge in [0.2, 0.25) is 0 Å². The quantitative estimate of drug-likeness (QED) is 0.751. The van der Waals surface area contributed by atoms with Crippen molar-refractivity contribution in [2.24, 2.45) is 0 Å². The number of hydrogen-bond acceptors (Lipinski definition) is 4. The van der Waals surface area contributed by atoms with Crippen molar-refractivity contribution >= 4 is 17.6 Å². The number of aryl methyl sites for hydroxylation is 1. The maximum atomic E-state index is 12.3. The van der Waals surface area contributed by atoms with Crippen molar-refractivity contribution in [1.82, 2.24) is 9.88 Å². The maximum absolute atomic E-state index is 12.3. The molecule has 2 N–H and O–H groups in total. The van der Waals surface area contributed by atoms with Gasteiger partial charge in [0.05, 0.1) is 12.1 Å². The fourth-order valence-corrected chi connectivity index (χ4v) is 2.84. The minimum Gasteiger partial charge on any atom is -0.367 e. The zero-order chi connectivity index (χ0) is 18.6. The molecular weight excluding hydrogens is 329 g/mol. The maximum Gasteiger partial charge on any atom is 0.390 e. The summed E-state index contributed by atoms with van der Waals surface area (Å²) in [6.45, 7) is 7.10. The van der Waals surface area contributed by atoms with Crippen LogP contribution in [0.4, 0.5) is 19.0 Å². The number of rotatable bonds is 6. The van der Waals surface area contributed by atoms with E-state index in [0.717, 1.165) is 22.4 Å². The van der Waals surface area contributed by atoms with Crippen LogP contribution in [0.2, 0.25) is 0 Å². The van der Waals surface area contributed by atoms with Gasteiger partial charge in [-0.2, -0.15) is 13.2 Å². The lowest BCUT2D eigenvalue weighted by atomic mass is 10.0. The SMILES string of the molecule is Cc1cc(C2=CCN(CCC(F)(F)F)CC2)nc(NC(C)C)c1C=N. The molecule has 0 aliphatic carbocycles. The Bertz CT molecular complexity index is 650. The molecule has 2 rings (SSSR count). The molecule has 0 bridgehead atoms. The van der Waals surface area contributed by atoms with E-state index in [1.54, 1.807) is 0 Å². The molecule has 0 spiro atoms. The van der Waals surface area contributed by atoms with E-state index in [-0.39, 0.29) is 12.6 Å². The van der Waals surface area contributed by atoms with Gasteiger partial charge in [0.1, 0.15) is 5.82 Å². The number of nitrogens with one attached hydrogen (secondary N) is 2. The third-order valence-electron chi connectivity index (χ3n) is 4.17. The van der Waals surface area contributed by atoms with Crippen LogP contribution < -0.4 is 5.32 Å². The molecule has 0 unspecified atom stereocenters. The molecule has 138 valence electrons. The molecule has 0 aromatic carbocycles. The Kier molecular flexibility index (Phi) is 6.21. The van der Waals surface area contributed by atoms with Crippen molar-refractivity contribution in [3.63, 3.8) is 0 Å². The molecule has 0 amide bonds. The molecule has 0 fully saturated rings. The summed E-state index contributed by atoms with van der Waals surface area (Å²) in [7, 11) is 0. The summed E-state index contributed by atoms with van der Waals surface area (Å²) in [5.41, 5.74) is 3.61. The molecule has 1 aromatic heterocycles. The Morgan fingerprint density at radius 3 is 2.64 bits per heavy atom. The van der Waals surface area contributed by atoms with Gasteiger partial charge in [-0.05, 0) is 44.4 Å². The minimum atomic E-state index is -4.11. The molecule has 0 radical (unpaired) electrons. The summed E-state index contributed by atoms with van der Waals surface area (Å²) in [5, 5.41) is 10.9. The summed E-state index contributed by atoms with van der Waals surface area (Å²) in [4.78, 5) is 6.46. The number of halogens is 3. The Morgan fingerprint density at radius 1 is 1.40 bits per heavy atom. The second-order valence-corrected chi connectivity index (χ2v) is 6.68. The average molecular weight is 354 g/mol. The first-order valence-corrected chi connectivity index (χ1v) is 8.46. The van der Waals surface area contributed by atoms with E-state index in [0.29, 0.717) is 25.3 Å². The summed E-state index contributed by atoms with van der Waals surface area (Å²) in [6, 6.07) is 2.14. The van der Waals surface area contributed by atoms with Gasteiger partial charge in [-0.1, -0.05) is 6.08 Å². The van der Waals surface area contributed by atoms with Crippen LogP contribution in [0.1, 0.15) is 43.5 Å². The van der Waals surface area contributed by atoms with Gasteiger partial charge in [-0.15, -0.1) is 0 Å². The van der Waals surface area contributed by atoms with E-state index in [1.807, 2.05) is 37.8 Å². The topological polar surface area (TPSA) is 52.0 Å². The highest BCUT2D eigenvalue weighted by Gasteiger charge is 2.28. The molecule has 1 aromatic rings. The molecule has 2 heterocycles. The lowest BCUT2D eigenvalue weighted by Crippen LogP contribution is -2.32. The first-order valence-electron chi connectivity index (χ1n) is 8.46. The minimum absolute atomic E-state index is 0.0344. The third kappa shape index (κ3) is 5.56. The monoisotopic (exact) mass is 354 g/mol. The van der Waals surface area contributed by atoms with E-state index in [9.17, 15) is 13.2 Å². The van der Waals surface area contributed by atoms with E-state index in [4.69, 9.17) is 5.41 Å². The number of hydrogen-bond donors (Lipinski definition) is 2. The molecule has 0 saturated carbocycles. The number of pyridine rings is 1. The smallest absolute Gasteiger partial charge is 0.367 e. The molecular formula is C18H25F3N4. The van der Waals surface area contributed by atoms with Gasteiger partial charge in [0.15, 0.2) is 0 Å². The van der Waals surface area contributed by atoms with Gasteiger partial charge in [-0.25, -0.2) is 4.98 Å². The first kappa shape index (κ1) is 19.4. The predicted octanol–water partition coefficient (Wildman–Crippen LogP) is 4.25. The van der Waals surface area contributed by atoms with Crippen LogP contribution >= 0.6 is 0 Å². The summed E-state index contributed by atoms with van der Waals surface area (Å²) >= 11 is 0. The van der Waals surface area contributed by atoms with Gasteiger partial charge >= 0.3 is 6.18 Å². The van der Waals surface area contributed by atoms with E-state index in [1.165, 1.54) is 6.21 Å². The van der Waals surface area contributed by atoms with Crippen LogP contribution in [0.3, 0.4) is 0 Å². The lowest BCUT2D eigenvalue weighted by Gasteiger charge is -2.27. The van der Waals surface area contributed by atoms with E-state index in [2.05, 4.69) is 10.3 Å². The zero-order valence-corrected chi connectivity index (χ0v) is 14.9. The van der Waals surface area contributed by atoms with E-state index >= 15 is 0 Å². The lowest BCUT2D eigenvalue weighted by molar-refractivity contribution is -0.137. The van der Waals surface area contributed by atoms with Gasteiger partial charge in [0, 0.05) is 37.5 Å². The molecule has 1 aliphatic heterocycles. The standard InChI is InChI=1S/C18H25F3N4/c1-12(2)23-17-15(11-22)13(3)10-16(24-17)14-4-7-25(8-5-14)9-6-18(19,20)21/h4,10-12,22H,5-9H2,1-3H3,(H,23,24). The van der Waals surface area contributed by atoms with Crippen molar-refractivity contribution in [3.8, 4) is 0 Å². The first-order chi connectivity index (χ1) is 11.7. The number of alkyl halides is 3. The van der Waals surface area contributed by atoms with Crippen molar-refractivity contribution in [1.29, 1.82) is 5.41 Å². The Hall–Kier alpha value is -1.89. The van der Waals surface area contributed by atoms with Crippen molar-refractivity contribution < 1.29 is 13.2 Å². The van der Waals surface area contributed by atoms with Gasteiger partial charge in [-0.3, -0.25) is 4.90 Å². The molecule has 0 atom stereocenters. The van der Waals surface area contributed by atoms with Crippen molar-refractivity contribution in [2.75, 3.05) is 25.0 Å². The highest BCUT2D eigenvalue weighted by molar-refractivity contribution is 5.87. The molecule has 0 saturated heterocycles. The zero-order valence-electron chi connectivity index (χ0n) is 14.9. The van der Waals surface area contributed by atoms with Crippen LogP contribution in [0, 0.1) is 12.3 Å². The third-order valence-corrected chi connectivity index (χ3v) is 4.17. The fourth-order valence-electron chi connectivity index (χ4n) is 2.84. The number of nitrogens with zero attached hydrogens (tertiary/aromatic N) is 2. The second-order valence-electron chi connectivity index (χ2n) is 6.68. The fraction of sp³-hybridized carbons (Fsp3) is 0.556. The summed E-state index contributed by atoms with van der Waals surface area (Å²) in [5.74, 6) is 0.681. The number of aromatic nitrogens is 1. The van der Waals surface area contributed by atoms with Crippen LogP contribution in [-0.4, -0.2) is 48.0 Å². The van der Waals surface area contributed by atoms with Crippen molar-refractivity contribution in [2.45, 2.75) is 45.8 Å². The van der Waals surface area contributed by atoms with Crippen LogP contribution in [0.5, 0.6) is 0 Å². The molecule has 4 nitrogen and oxygen atoms in total. The molecule has 1 aliphatic rings. The summed E-state index contributed by atoms with van der Waals surface area (Å²) in [6.07, 6.45) is -0.947. The predicted molar refractivity (Wildman–Crippen MR) is 95.3 cm³/mol. The normalized spacial score (nSPS) is 16.0. The largest absolute Gasteiger partial charge is 0.390 e. The second kappa shape index (κ2) is 7.99. The highest BCUT2D eigenvalue weighted by atomic mass is 19.4. The number of anilines is 1.